The van der Waals surface area contributed by atoms with Crippen molar-refractivity contribution in [2.24, 2.45) is 5.14 Å². The molecule has 110 valence electrons. The molecule has 0 bridgehead atoms. The molecule has 1 aromatic rings. The van der Waals surface area contributed by atoms with Crippen LogP contribution in [0.1, 0.15) is 12.0 Å². The van der Waals surface area contributed by atoms with Gasteiger partial charge < -0.3 is 10.4 Å². The molecular formula is C12H16N2O4S2. The van der Waals surface area contributed by atoms with Crippen molar-refractivity contribution in [3.8, 4) is 0 Å². The van der Waals surface area contributed by atoms with E-state index in [1.807, 2.05) is 0 Å². The van der Waals surface area contributed by atoms with Crippen molar-refractivity contribution < 1.29 is 18.3 Å². The van der Waals surface area contributed by atoms with Crippen LogP contribution in [-0.4, -0.2) is 36.5 Å². The van der Waals surface area contributed by atoms with Gasteiger partial charge in [-0.2, -0.15) is 11.8 Å². The molecule has 0 radical (unpaired) electrons. The molecule has 0 aromatic heterocycles. The summed E-state index contributed by atoms with van der Waals surface area (Å²) in [4.78, 5) is 12.0. The lowest BCUT2D eigenvalue weighted by atomic mass is 10.0. The van der Waals surface area contributed by atoms with Crippen LogP contribution in [0.15, 0.2) is 24.3 Å². The third-order valence-corrected chi connectivity index (χ3v) is 4.89. The van der Waals surface area contributed by atoms with E-state index in [0.717, 1.165) is 5.75 Å². The fraction of sp³-hybridized carbons (Fsp3) is 0.417. The van der Waals surface area contributed by atoms with Gasteiger partial charge in [0.25, 0.3) is 5.91 Å². The van der Waals surface area contributed by atoms with Gasteiger partial charge in [-0.05, 0) is 29.9 Å². The first kappa shape index (κ1) is 15.3. The maximum Gasteiger partial charge on any atom is 0.257 e. The Kier molecular flexibility index (Phi) is 4.38. The highest BCUT2D eigenvalue weighted by Gasteiger charge is 2.39. The molecule has 0 spiro atoms. The first-order valence-corrected chi connectivity index (χ1v) is 8.86. The Morgan fingerprint density at radius 1 is 1.50 bits per heavy atom. The van der Waals surface area contributed by atoms with Gasteiger partial charge in [-0.1, -0.05) is 12.1 Å². The van der Waals surface area contributed by atoms with Gasteiger partial charge in [0.15, 0.2) is 5.60 Å². The van der Waals surface area contributed by atoms with Crippen LogP contribution in [0.4, 0.5) is 5.69 Å². The van der Waals surface area contributed by atoms with E-state index in [1.165, 1.54) is 17.8 Å². The third kappa shape index (κ3) is 3.95. The molecule has 1 aliphatic rings. The molecule has 1 unspecified atom stereocenters. The van der Waals surface area contributed by atoms with Gasteiger partial charge >= 0.3 is 0 Å². The lowest BCUT2D eigenvalue weighted by Gasteiger charge is -2.20. The zero-order valence-electron chi connectivity index (χ0n) is 10.7. The Labute approximate surface area is 121 Å². The number of hydrogen-bond donors (Lipinski definition) is 3. The SMILES string of the molecule is NS(=O)(=O)Cc1cccc(NC(=O)C2(O)CCSC2)c1. The number of carbonyl (C=O) groups excluding carboxylic acids is 1. The minimum Gasteiger partial charge on any atom is -0.379 e. The highest BCUT2D eigenvalue weighted by atomic mass is 32.2. The second-order valence-electron chi connectivity index (χ2n) is 4.80. The molecule has 8 heteroatoms. The summed E-state index contributed by atoms with van der Waals surface area (Å²) >= 11 is 1.52. The van der Waals surface area contributed by atoms with Crippen LogP contribution >= 0.6 is 11.8 Å². The fourth-order valence-electron chi connectivity index (χ4n) is 1.95. The minimum absolute atomic E-state index is 0.295. The summed E-state index contributed by atoms with van der Waals surface area (Å²) in [6.07, 6.45) is 0.417. The Bertz CT molecular complexity index is 610. The average molecular weight is 316 g/mol. The van der Waals surface area contributed by atoms with Crippen molar-refractivity contribution in [1.82, 2.24) is 0 Å². The predicted octanol–water partition coefficient (Wildman–Crippen LogP) is 0.282. The van der Waals surface area contributed by atoms with E-state index in [-0.39, 0.29) is 5.75 Å². The van der Waals surface area contributed by atoms with Crippen LogP contribution in [0.2, 0.25) is 0 Å². The number of thioether (sulfide) groups is 1. The van der Waals surface area contributed by atoms with Crippen LogP contribution in [0.3, 0.4) is 0 Å². The Hall–Kier alpha value is -1.09. The van der Waals surface area contributed by atoms with Gasteiger partial charge in [0.1, 0.15) is 0 Å². The number of nitrogens with one attached hydrogen (secondary N) is 1. The van der Waals surface area contributed by atoms with E-state index in [9.17, 15) is 18.3 Å². The van der Waals surface area contributed by atoms with Crippen molar-refractivity contribution in [2.75, 3.05) is 16.8 Å². The summed E-state index contributed by atoms with van der Waals surface area (Å²) in [5.41, 5.74) is -0.416. The highest BCUT2D eigenvalue weighted by molar-refractivity contribution is 7.99. The van der Waals surface area contributed by atoms with Crippen molar-refractivity contribution in [3.63, 3.8) is 0 Å². The van der Waals surface area contributed by atoms with Gasteiger partial charge in [0.2, 0.25) is 10.0 Å². The average Bonchev–Trinajstić information content (AvgIpc) is 2.76. The van der Waals surface area contributed by atoms with Gasteiger partial charge in [-0.15, -0.1) is 0 Å². The van der Waals surface area contributed by atoms with E-state index in [1.54, 1.807) is 18.2 Å². The first-order chi connectivity index (χ1) is 9.28. The third-order valence-electron chi connectivity index (χ3n) is 2.98. The second-order valence-corrected chi connectivity index (χ2v) is 7.52. The largest absolute Gasteiger partial charge is 0.379 e. The monoisotopic (exact) mass is 316 g/mol. The molecule has 1 fully saturated rings. The molecule has 20 heavy (non-hydrogen) atoms. The Morgan fingerprint density at radius 3 is 2.85 bits per heavy atom. The summed E-state index contributed by atoms with van der Waals surface area (Å²) in [5.74, 6) is 0.359. The van der Waals surface area contributed by atoms with Crippen LogP contribution in [-0.2, 0) is 20.6 Å². The standard InChI is InChI=1S/C12H16N2O4S2/c13-20(17,18)7-9-2-1-3-10(6-9)14-11(15)12(16)4-5-19-8-12/h1-3,6,16H,4-5,7-8H2,(H,14,15)(H2,13,17,18). The van der Waals surface area contributed by atoms with Gasteiger partial charge in [0, 0.05) is 11.4 Å². The number of nitrogens with two attached hydrogens (primary N) is 1. The topological polar surface area (TPSA) is 109 Å². The molecule has 1 saturated heterocycles. The van der Waals surface area contributed by atoms with Crippen molar-refractivity contribution in [3.05, 3.63) is 29.8 Å². The molecule has 0 saturated carbocycles. The molecule has 2 rings (SSSR count). The number of aliphatic hydroxyl groups is 1. The molecule has 1 aliphatic heterocycles. The lowest BCUT2D eigenvalue weighted by Crippen LogP contribution is -2.42. The molecule has 6 nitrogen and oxygen atoms in total. The van der Waals surface area contributed by atoms with E-state index >= 15 is 0 Å². The predicted molar refractivity (Wildman–Crippen MR) is 78.8 cm³/mol. The van der Waals surface area contributed by atoms with E-state index < -0.39 is 21.5 Å². The zero-order valence-corrected chi connectivity index (χ0v) is 12.3. The summed E-state index contributed by atoms with van der Waals surface area (Å²) in [5, 5.41) is 17.7. The number of primary sulfonamides is 1. The molecule has 0 aliphatic carbocycles. The number of benzene rings is 1. The number of amides is 1. The van der Waals surface area contributed by atoms with Crippen LogP contribution in [0, 0.1) is 0 Å². The van der Waals surface area contributed by atoms with Gasteiger partial charge in [-0.3, -0.25) is 4.79 Å². The lowest BCUT2D eigenvalue weighted by molar-refractivity contribution is -0.131. The quantitative estimate of drug-likeness (QED) is 0.739. The molecule has 1 atom stereocenters. The Morgan fingerprint density at radius 2 is 2.25 bits per heavy atom. The van der Waals surface area contributed by atoms with Crippen LogP contribution in [0.25, 0.3) is 0 Å². The van der Waals surface area contributed by atoms with Crippen LogP contribution in [0.5, 0.6) is 0 Å². The maximum absolute atomic E-state index is 12.0. The summed E-state index contributed by atoms with van der Waals surface area (Å²) in [6.45, 7) is 0. The van der Waals surface area contributed by atoms with Crippen molar-refractivity contribution in [2.45, 2.75) is 17.8 Å². The number of rotatable bonds is 4. The highest BCUT2D eigenvalue weighted by Crippen LogP contribution is 2.29. The smallest absolute Gasteiger partial charge is 0.257 e. The van der Waals surface area contributed by atoms with Gasteiger partial charge in [-0.25, -0.2) is 13.6 Å². The summed E-state index contributed by atoms with van der Waals surface area (Å²) in [6, 6.07) is 6.41. The van der Waals surface area contributed by atoms with Crippen molar-refractivity contribution >= 4 is 33.4 Å². The van der Waals surface area contributed by atoms with Crippen molar-refractivity contribution in [1.29, 1.82) is 0 Å². The zero-order chi connectivity index (χ0) is 14.8. The van der Waals surface area contributed by atoms with Crippen LogP contribution < -0.4 is 10.5 Å². The molecule has 1 heterocycles. The normalized spacial score (nSPS) is 22.7. The molecular weight excluding hydrogens is 300 g/mol. The second kappa shape index (κ2) is 5.72. The number of hydrogen-bond acceptors (Lipinski definition) is 5. The Balaban J connectivity index is 2.10. The summed E-state index contributed by atoms with van der Waals surface area (Å²) in [7, 11) is -3.62. The number of sulfonamides is 1. The molecule has 1 aromatic carbocycles. The first-order valence-electron chi connectivity index (χ1n) is 5.99. The van der Waals surface area contributed by atoms with E-state index in [4.69, 9.17) is 5.14 Å². The maximum atomic E-state index is 12.0. The van der Waals surface area contributed by atoms with E-state index in [2.05, 4.69) is 5.32 Å². The fourth-order valence-corrected chi connectivity index (χ4v) is 3.84. The van der Waals surface area contributed by atoms with Gasteiger partial charge in [0.05, 0.1) is 5.75 Å². The van der Waals surface area contributed by atoms with E-state index in [0.29, 0.717) is 23.4 Å². The molecule has 4 N–H and O–H groups in total. The number of carbonyl (C=O) groups is 1. The summed E-state index contributed by atoms with van der Waals surface area (Å²) < 4.78 is 22.1. The number of anilines is 1. The molecule has 1 amide bonds. The minimum atomic E-state index is -3.62.